The molecule has 0 N–H and O–H groups in total. The molecule has 1 aromatic carbocycles. The van der Waals surface area contributed by atoms with Crippen molar-refractivity contribution < 1.29 is 52.4 Å². The number of carbonyl (C=O) groups is 5. The number of hydrogen-bond donors (Lipinski definition) is 0. The molecule has 0 aliphatic rings. The van der Waals surface area contributed by atoms with Crippen LogP contribution in [0, 0.1) is 0 Å². The Hall–Kier alpha value is -3.87. The third kappa shape index (κ3) is 12.9. The summed E-state index contributed by atoms with van der Waals surface area (Å²) in [7, 11) is 1.30. The molecule has 0 saturated heterocycles. The lowest BCUT2D eigenvalue weighted by molar-refractivity contribution is -0.166. The first-order chi connectivity index (χ1) is 20.5. The first-order valence-corrected chi connectivity index (χ1v) is 14.7. The highest BCUT2D eigenvalue weighted by Crippen LogP contribution is 2.31. The number of nitrogens with zero attached hydrogens (tertiary/aromatic N) is 2. The smallest absolute Gasteiger partial charge is 0.420 e. The predicted molar refractivity (Wildman–Crippen MR) is 164 cm³/mol. The molecule has 1 rings (SSSR count). The van der Waals surface area contributed by atoms with E-state index in [0.717, 1.165) is 4.90 Å². The lowest BCUT2D eigenvalue weighted by atomic mass is 9.90. The minimum Gasteiger partial charge on any atom is -0.464 e. The summed E-state index contributed by atoms with van der Waals surface area (Å²) in [5, 5.41) is 0. The average molecular weight is 639 g/mol. The summed E-state index contributed by atoms with van der Waals surface area (Å²) in [5.41, 5.74) is -4.60. The molecule has 0 heterocycles. The first-order valence-electron chi connectivity index (χ1n) is 14.7. The molecule has 0 aliphatic heterocycles. The number of rotatable bonds is 11. The van der Waals surface area contributed by atoms with Crippen LogP contribution in [0.1, 0.15) is 88.1 Å². The van der Waals surface area contributed by atoms with Crippen LogP contribution in [0.4, 0.5) is 14.4 Å². The van der Waals surface area contributed by atoms with Crippen molar-refractivity contribution in [1.82, 2.24) is 9.80 Å². The normalized spacial score (nSPS) is 13.9. The molecule has 0 aliphatic carbocycles. The SMILES string of the molecule is CCOC(=O)[C@H](C[C@](C)(C(=O)OCc1ccccc1)N(COC)C(=O)OC(C)(C)C)N(C(=O)OC(C)(C)C)C(=O)OC(C)(C)C. The highest BCUT2D eigenvalue weighted by atomic mass is 16.6. The molecule has 3 amide bonds. The van der Waals surface area contributed by atoms with Gasteiger partial charge in [0, 0.05) is 13.5 Å². The highest BCUT2D eigenvalue weighted by Gasteiger charge is 2.52. The molecule has 0 aromatic heterocycles. The minimum atomic E-state index is -2.08. The summed E-state index contributed by atoms with van der Waals surface area (Å²) < 4.78 is 32.7. The summed E-state index contributed by atoms with van der Waals surface area (Å²) in [4.78, 5) is 69.7. The van der Waals surface area contributed by atoms with Crippen LogP contribution >= 0.6 is 0 Å². The summed E-state index contributed by atoms with van der Waals surface area (Å²) >= 11 is 0. The number of hydrogen-bond acceptors (Lipinski definition) is 11. The van der Waals surface area contributed by atoms with Crippen LogP contribution in [0.15, 0.2) is 30.3 Å². The van der Waals surface area contributed by atoms with Crippen molar-refractivity contribution in [2.45, 2.75) is 118 Å². The Bertz CT molecular complexity index is 1140. The Morgan fingerprint density at radius 2 is 1.18 bits per heavy atom. The van der Waals surface area contributed by atoms with E-state index in [1.54, 1.807) is 92.6 Å². The van der Waals surface area contributed by atoms with E-state index in [9.17, 15) is 24.0 Å². The predicted octanol–water partition coefficient (Wildman–Crippen LogP) is 5.82. The van der Waals surface area contributed by atoms with Crippen LogP contribution in [0.2, 0.25) is 0 Å². The maximum Gasteiger partial charge on any atom is 0.420 e. The number of benzene rings is 1. The van der Waals surface area contributed by atoms with Gasteiger partial charge in [-0.15, -0.1) is 0 Å². The molecular weight excluding hydrogens is 588 g/mol. The van der Waals surface area contributed by atoms with Gasteiger partial charge in [-0.3, -0.25) is 4.90 Å². The number of imide groups is 1. The zero-order valence-corrected chi connectivity index (χ0v) is 28.7. The maximum absolute atomic E-state index is 14.0. The fourth-order valence-electron chi connectivity index (χ4n) is 3.87. The van der Waals surface area contributed by atoms with Crippen molar-refractivity contribution in [3.05, 3.63) is 35.9 Å². The van der Waals surface area contributed by atoms with E-state index >= 15 is 0 Å². The Morgan fingerprint density at radius 3 is 1.60 bits per heavy atom. The second-order valence-corrected chi connectivity index (χ2v) is 13.5. The zero-order valence-electron chi connectivity index (χ0n) is 28.7. The van der Waals surface area contributed by atoms with E-state index < -0.39 is 71.8 Å². The fourth-order valence-corrected chi connectivity index (χ4v) is 3.87. The standard InChI is InChI=1S/C32H50N2O11/c1-13-41-24(35)23(34(27(38)44-30(5,6)7)28(39)45-31(8,9)10)19-32(11,25(36)42-20-22-17-15-14-16-18-22)33(21-40-12)26(37)43-29(2,3)4/h14-18,23H,13,19-21H2,1-12H3/t23-,32+/m0/s1. The average Bonchev–Trinajstić information content (AvgIpc) is 2.87. The summed E-state index contributed by atoms with van der Waals surface area (Å²) in [5.74, 6) is -2.03. The van der Waals surface area contributed by atoms with Gasteiger partial charge in [0.25, 0.3) is 0 Å². The zero-order chi connectivity index (χ0) is 34.8. The van der Waals surface area contributed by atoms with E-state index in [-0.39, 0.29) is 13.2 Å². The lowest BCUT2D eigenvalue weighted by Crippen LogP contribution is -2.62. The van der Waals surface area contributed by atoms with E-state index in [1.807, 2.05) is 0 Å². The first kappa shape index (κ1) is 39.2. The second-order valence-electron chi connectivity index (χ2n) is 13.5. The number of ether oxygens (including phenoxy) is 6. The van der Waals surface area contributed by atoms with Crippen LogP contribution in [0.5, 0.6) is 0 Å². The van der Waals surface area contributed by atoms with Crippen LogP contribution in [-0.4, -0.2) is 88.8 Å². The molecule has 13 nitrogen and oxygen atoms in total. The summed E-state index contributed by atoms with van der Waals surface area (Å²) in [6.45, 7) is 16.4. The van der Waals surface area contributed by atoms with Crippen molar-refractivity contribution in [2.24, 2.45) is 0 Å². The molecule has 0 bridgehead atoms. The Balaban J connectivity index is 3.88. The van der Waals surface area contributed by atoms with Gasteiger partial charge in [0.1, 0.15) is 41.7 Å². The van der Waals surface area contributed by atoms with Crippen molar-refractivity contribution >= 4 is 30.2 Å². The molecule has 0 saturated carbocycles. The monoisotopic (exact) mass is 638 g/mol. The Kier molecular flexibility index (Phi) is 13.9. The Labute approximate surface area is 266 Å². The molecule has 0 unspecified atom stereocenters. The molecule has 45 heavy (non-hydrogen) atoms. The van der Waals surface area contributed by atoms with Crippen molar-refractivity contribution in [3.8, 4) is 0 Å². The van der Waals surface area contributed by atoms with Crippen molar-refractivity contribution in [1.29, 1.82) is 0 Å². The van der Waals surface area contributed by atoms with E-state index in [0.29, 0.717) is 10.5 Å². The molecule has 0 fully saturated rings. The largest absolute Gasteiger partial charge is 0.464 e. The van der Waals surface area contributed by atoms with Crippen molar-refractivity contribution in [2.75, 3.05) is 20.4 Å². The van der Waals surface area contributed by atoms with Crippen LogP contribution in [0.25, 0.3) is 0 Å². The van der Waals surface area contributed by atoms with Crippen molar-refractivity contribution in [3.63, 3.8) is 0 Å². The number of esters is 2. The molecule has 0 radical (unpaired) electrons. The van der Waals surface area contributed by atoms with Gasteiger partial charge in [0.05, 0.1) is 6.61 Å². The van der Waals surface area contributed by atoms with Crippen LogP contribution < -0.4 is 0 Å². The topological polar surface area (TPSA) is 147 Å². The highest BCUT2D eigenvalue weighted by molar-refractivity contribution is 5.95. The van der Waals surface area contributed by atoms with Gasteiger partial charge in [-0.1, -0.05) is 30.3 Å². The van der Waals surface area contributed by atoms with Gasteiger partial charge >= 0.3 is 30.2 Å². The molecule has 13 heteroatoms. The second kappa shape index (κ2) is 15.9. The third-order valence-electron chi connectivity index (χ3n) is 5.76. The minimum absolute atomic E-state index is 0.130. The van der Waals surface area contributed by atoms with Gasteiger partial charge in [-0.2, -0.15) is 4.90 Å². The molecule has 2 atom stereocenters. The third-order valence-corrected chi connectivity index (χ3v) is 5.76. The Morgan fingerprint density at radius 1 is 0.711 bits per heavy atom. The van der Waals surface area contributed by atoms with Crippen LogP contribution in [-0.2, 0) is 44.6 Å². The van der Waals surface area contributed by atoms with Gasteiger partial charge in [-0.25, -0.2) is 24.0 Å². The maximum atomic E-state index is 14.0. The number of methoxy groups -OCH3 is 1. The summed E-state index contributed by atoms with van der Waals surface area (Å²) in [6.07, 6.45) is -4.14. The van der Waals surface area contributed by atoms with Crippen LogP contribution in [0.3, 0.4) is 0 Å². The van der Waals surface area contributed by atoms with Gasteiger partial charge in [-0.05, 0) is 81.7 Å². The molecular formula is C32H50N2O11. The van der Waals surface area contributed by atoms with E-state index in [2.05, 4.69) is 0 Å². The summed E-state index contributed by atoms with van der Waals surface area (Å²) in [6, 6.07) is 6.96. The van der Waals surface area contributed by atoms with E-state index in [1.165, 1.54) is 21.0 Å². The molecule has 254 valence electrons. The van der Waals surface area contributed by atoms with E-state index in [4.69, 9.17) is 28.4 Å². The fraction of sp³-hybridized carbons (Fsp3) is 0.656. The quantitative estimate of drug-likeness (QED) is 0.164. The number of carbonyl (C=O) groups excluding carboxylic acids is 5. The van der Waals surface area contributed by atoms with Gasteiger partial charge in [0.15, 0.2) is 0 Å². The lowest BCUT2D eigenvalue weighted by Gasteiger charge is -2.42. The number of amides is 3. The van der Waals surface area contributed by atoms with Gasteiger partial charge < -0.3 is 28.4 Å². The molecule has 0 spiro atoms. The molecule has 1 aromatic rings. The van der Waals surface area contributed by atoms with Gasteiger partial charge in [0.2, 0.25) is 0 Å².